The Balaban J connectivity index is 2.30. The third-order valence-corrected chi connectivity index (χ3v) is 7.31. The fourth-order valence-corrected chi connectivity index (χ4v) is 5.95. The average molecular weight is 361 g/mol. The van der Waals surface area contributed by atoms with Crippen molar-refractivity contribution in [2.24, 2.45) is 5.41 Å². The monoisotopic (exact) mass is 360 g/mol. The molecule has 3 nitrogen and oxygen atoms in total. The predicted molar refractivity (Wildman–Crippen MR) is 84.2 cm³/mol. The van der Waals surface area contributed by atoms with Gasteiger partial charge in [-0.2, -0.15) is 0 Å². The van der Waals surface area contributed by atoms with Gasteiger partial charge in [-0.15, -0.1) is 0 Å². The quantitative estimate of drug-likeness (QED) is 0.773. The lowest BCUT2D eigenvalue weighted by atomic mass is 9.85. The Hall–Kier alpha value is -0.390. The first kappa shape index (κ1) is 16.0. The summed E-state index contributed by atoms with van der Waals surface area (Å²) in [7, 11) is -3.26. The van der Waals surface area contributed by atoms with Crippen molar-refractivity contribution in [1.82, 2.24) is 0 Å². The van der Waals surface area contributed by atoms with Crippen molar-refractivity contribution >= 4 is 25.8 Å². The Kier molecular flexibility index (Phi) is 4.92. The number of hydrogen-bond acceptors (Lipinski definition) is 3. The van der Waals surface area contributed by atoms with Gasteiger partial charge in [0.05, 0.1) is 10.6 Å². The summed E-state index contributed by atoms with van der Waals surface area (Å²) in [5, 5.41) is 0.702. The molecule has 5 heteroatoms. The number of hydrogen-bond donors (Lipinski definition) is 0. The van der Waals surface area contributed by atoms with Crippen molar-refractivity contribution in [3.63, 3.8) is 0 Å². The van der Waals surface area contributed by atoms with Crippen molar-refractivity contribution in [1.29, 1.82) is 0 Å². The number of alkyl halides is 1. The Bertz CT molecular complexity index is 575. The highest BCUT2D eigenvalue weighted by atomic mass is 79.9. The molecule has 0 aliphatic carbocycles. The molecule has 0 bridgehead atoms. The molecule has 0 N–H and O–H groups in total. The fourth-order valence-electron chi connectivity index (χ4n) is 2.75. The van der Waals surface area contributed by atoms with E-state index in [1.54, 1.807) is 6.07 Å². The molecule has 20 heavy (non-hydrogen) atoms. The van der Waals surface area contributed by atoms with Crippen LogP contribution in [0.4, 0.5) is 0 Å². The number of halogens is 1. The van der Waals surface area contributed by atoms with Gasteiger partial charge in [-0.25, -0.2) is 8.42 Å². The van der Waals surface area contributed by atoms with Crippen LogP contribution in [0, 0.1) is 19.3 Å². The highest BCUT2D eigenvalue weighted by Crippen LogP contribution is 2.36. The van der Waals surface area contributed by atoms with E-state index in [9.17, 15) is 8.42 Å². The molecule has 1 aliphatic heterocycles. The molecule has 0 atom stereocenters. The van der Waals surface area contributed by atoms with Gasteiger partial charge in [-0.05, 0) is 43.7 Å². The van der Waals surface area contributed by atoms with Crippen LogP contribution in [0.5, 0.6) is 0 Å². The number of aryl methyl sites for hydroxylation is 2. The number of rotatable bonds is 4. The number of sulfone groups is 1. The summed E-state index contributed by atoms with van der Waals surface area (Å²) in [6.45, 7) is 5.13. The molecule has 1 heterocycles. The van der Waals surface area contributed by atoms with E-state index < -0.39 is 9.84 Å². The highest BCUT2D eigenvalue weighted by molar-refractivity contribution is 9.09. The molecule has 0 spiro atoms. The first-order valence-electron chi connectivity index (χ1n) is 6.82. The summed E-state index contributed by atoms with van der Waals surface area (Å²) in [5.41, 5.74) is 1.72. The van der Waals surface area contributed by atoms with E-state index in [1.165, 1.54) is 0 Å². The van der Waals surface area contributed by atoms with Gasteiger partial charge in [-0.1, -0.05) is 33.6 Å². The lowest BCUT2D eigenvalue weighted by molar-refractivity contribution is 0.0367. The maximum atomic E-state index is 12.7. The van der Waals surface area contributed by atoms with Gasteiger partial charge in [0.2, 0.25) is 0 Å². The summed E-state index contributed by atoms with van der Waals surface area (Å²) in [6.07, 6.45) is 1.59. The third kappa shape index (κ3) is 3.43. The molecule has 0 amide bonds. The van der Waals surface area contributed by atoms with E-state index in [1.807, 2.05) is 26.0 Å². The average Bonchev–Trinajstić information content (AvgIpc) is 2.38. The Labute approximate surface area is 129 Å². The molecule has 1 aromatic carbocycles. The predicted octanol–water partition coefficient (Wildman–Crippen LogP) is 3.27. The van der Waals surface area contributed by atoms with Gasteiger partial charge < -0.3 is 4.74 Å². The fraction of sp³-hybridized carbons (Fsp3) is 0.600. The number of ether oxygens (including phenoxy) is 1. The summed E-state index contributed by atoms with van der Waals surface area (Å²) in [4.78, 5) is 0.468. The van der Waals surface area contributed by atoms with Gasteiger partial charge in [0, 0.05) is 18.5 Å². The van der Waals surface area contributed by atoms with Crippen molar-refractivity contribution < 1.29 is 13.2 Å². The minimum atomic E-state index is -3.26. The van der Waals surface area contributed by atoms with Gasteiger partial charge >= 0.3 is 0 Å². The van der Waals surface area contributed by atoms with E-state index in [0.29, 0.717) is 23.4 Å². The van der Waals surface area contributed by atoms with Gasteiger partial charge in [0.25, 0.3) is 0 Å². The molecule has 1 fully saturated rings. The van der Waals surface area contributed by atoms with Gasteiger partial charge in [0.15, 0.2) is 9.84 Å². The molecule has 1 aliphatic rings. The molecule has 1 saturated heterocycles. The second-order valence-electron chi connectivity index (χ2n) is 5.77. The maximum Gasteiger partial charge on any atom is 0.179 e. The normalized spacial score (nSPS) is 18.9. The van der Waals surface area contributed by atoms with Gasteiger partial charge in [-0.3, -0.25) is 0 Å². The third-order valence-electron chi connectivity index (χ3n) is 4.00. The standard InChI is InChI=1S/C15H21BrO3S/c1-12-3-4-14(13(2)9-12)20(17,18)11-15(10-16)5-7-19-8-6-15/h3-4,9H,5-8,10-11H2,1-2H3. The van der Waals surface area contributed by atoms with Gasteiger partial charge in [0.1, 0.15) is 0 Å². The van der Waals surface area contributed by atoms with Crippen molar-refractivity contribution in [3.8, 4) is 0 Å². The van der Waals surface area contributed by atoms with Crippen LogP contribution in [-0.2, 0) is 14.6 Å². The zero-order valence-electron chi connectivity index (χ0n) is 12.0. The molecular weight excluding hydrogens is 340 g/mol. The minimum absolute atomic E-state index is 0.193. The van der Waals surface area contributed by atoms with E-state index in [4.69, 9.17) is 4.74 Å². The van der Waals surface area contributed by atoms with Crippen LogP contribution in [0.2, 0.25) is 0 Å². The summed E-state index contributed by atoms with van der Waals surface area (Å²) in [5.74, 6) is 0.193. The van der Waals surface area contributed by atoms with Crippen LogP contribution >= 0.6 is 15.9 Å². The molecule has 2 rings (SSSR count). The van der Waals surface area contributed by atoms with Crippen LogP contribution in [-0.4, -0.2) is 32.7 Å². The molecule has 112 valence electrons. The second kappa shape index (κ2) is 6.16. The van der Waals surface area contributed by atoms with E-state index in [2.05, 4.69) is 15.9 Å². The second-order valence-corrected chi connectivity index (χ2v) is 8.29. The maximum absolute atomic E-state index is 12.7. The Morgan fingerprint density at radius 1 is 1.25 bits per heavy atom. The highest BCUT2D eigenvalue weighted by Gasteiger charge is 2.37. The van der Waals surface area contributed by atoms with Crippen molar-refractivity contribution in [2.45, 2.75) is 31.6 Å². The molecular formula is C15H21BrO3S. The Morgan fingerprint density at radius 3 is 2.45 bits per heavy atom. The molecule has 0 aromatic heterocycles. The number of benzene rings is 1. The summed E-state index contributed by atoms with van der Waals surface area (Å²) < 4.78 is 30.8. The minimum Gasteiger partial charge on any atom is -0.381 e. The zero-order chi connectivity index (χ0) is 14.8. The molecule has 1 aromatic rings. The van der Waals surface area contributed by atoms with Crippen LogP contribution in [0.3, 0.4) is 0 Å². The van der Waals surface area contributed by atoms with Crippen LogP contribution in [0.15, 0.2) is 23.1 Å². The first-order valence-corrected chi connectivity index (χ1v) is 9.60. The lowest BCUT2D eigenvalue weighted by Crippen LogP contribution is -2.37. The molecule has 0 unspecified atom stereocenters. The van der Waals surface area contributed by atoms with Crippen LogP contribution in [0.25, 0.3) is 0 Å². The van der Waals surface area contributed by atoms with Crippen LogP contribution in [0.1, 0.15) is 24.0 Å². The van der Waals surface area contributed by atoms with E-state index >= 15 is 0 Å². The van der Waals surface area contributed by atoms with Crippen molar-refractivity contribution in [3.05, 3.63) is 29.3 Å². The topological polar surface area (TPSA) is 43.4 Å². The molecule has 0 saturated carbocycles. The summed E-state index contributed by atoms with van der Waals surface area (Å²) in [6, 6.07) is 5.53. The van der Waals surface area contributed by atoms with Crippen LogP contribution < -0.4 is 0 Å². The van der Waals surface area contributed by atoms with Crippen molar-refractivity contribution in [2.75, 3.05) is 24.3 Å². The largest absolute Gasteiger partial charge is 0.381 e. The zero-order valence-corrected chi connectivity index (χ0v) is 14.4. The van der Waals surface area contributed by atoms with E-state index in [-0.39, 0.29) is 11.2 Å². The van der Waals surface area contributed by atoms with E-state index in [0.717, 1.165) is 24.0 Å². The Morgan fingerprint density at radius 2 is 1.90 bits per heavy atom. The SMILES string of the molecule is Cc1ccc(S(=O)(=O)CC2(CBr)CCOCC2)c(C)c1. The molecule has 0 radical (unpaired) electrons. The first-order chi connectivity index (χ1) is 9.38. The smallest absolute Gasteiger partial charge is 0.179 e. The summed E-state index contributed by atoms with van der Waals surface area (Å²) >= 11 is 3.50. The lowest BCUT2D eigenvalue weighted by Gasteiger charge is -2.35.